The molecule has 0 aliphatic carbocycles. The van der Waals surface area contributed by atoms with Gasteiger partial charge in [0.05, 0.1) is 12.2 Å². The third kappa shape index (κ3) is 5.05. The molecule has 0 bridgehead atoms. The molecule has 0 spiro atoms. The van der Waals surface area contributed by atoms with Crippen LogP contribution in [0.15, 0.2) is 72.8 Å². The van der Waals surface area contributed by atoms with E-state index >= 15 is 0 Å². The topological polar surface area (TPSA) is 94.0 Å². The van der Waals surface area contributed by atoms with Crippen molar-refractivity contribution in [1.29, 1.82) is 0 Å². The first-order valence-corrected chi connectivity index (χ1v) is 9.81. The number of aromatic nitrogens is 4. The van der Waals surface area contributed by atoms with Gasteiger partial charge in [0.15, 0.2) is 5.82 Å². The van der Waals surface area contributed by atoms with E-state index in [1.807, 2.05) is 74.5 Å². The minimum Gasteiger partial charge on any atom is -0.457 e. The molecular weight excluding hydrogens is 392 g/mol. The maximum absolute atomic E-state index is 12.4. The fourth-order valence-electron chi connectivity index (χ4n) is 3.02. The molecule has 2 N–H and O–H groups in total. The third-order valence-electron chi connectivity index (χ3n) is 4.63. The molecule has 31 heavy (non-hydrogen) atoms. The van der Waals surface area contributed by atoms with Gasteiger partial charge in [-0.15, -0.1) is 5.10 Å². The van der Waals surface area contributed by atoms with Crippen molar-refractivity contribution in [2.75, 3.05) is 17.2 Å². The number of aryl methyl sites for hydroxylation is 2. The summed E-state index contributed by atoms with van der Waals surface area (Å²) in [6, 6.07) is 22.6. The van der Waals surface area contributed by atoms with E-state index in [2.05, 4.69) is 26.2 Å². The van der Waals surface area contributed by atoms with Crippen LogP contribution in [0.2, 0.25) is 0 Å². The average Bonchev–Trinajstić information content (AvgIpc) is 3.21. The summed E-state index contributed by atoms with van der Waals surface area (Å²) in [7, 11) is 0. The minimum absolute atomic E-state index is 0.124. The Labute approximate surface area is 179 Å². The van der Waals surface area contributed by atoms with Crippen LogP contribution >= 0.6 is 0 Å². The molecule has 0 unspecified atom stereocenters. The first-order chi connectivity index (χ1) is 15.1. The Balaban J connectivity index is 1.34. The number of para-hydroxylation sites is 1. The van der Waals surface area contributed by atoms with E-state index in [9.17, 15) is 4.79 Å². The van der Waals surface area contributed by atoms with Crippen molar-refractivity contribution in [3.63, 3.8) is 0 Å². The van der Waals surface area contributed by atoms with E-state index in [0.717, 1.165) is 22.7 Å². The van der Waals surface area contributed by atoms with E-state index in [0.29, 0.717) is 17.3 Å². The summed E-state index contributed by atoms with van der Waals surface area (Å²) in [5.74, 6) is 2.00. The lowest BCUT2D eigenvalue weighted by molar-refractivity contribution is -0.114. The molecule has 4 rings (SSSR count). The van der Waals surface area contributed by atoms with Crippen molar-refractivity contribution >= 4 is 17.3 Å². The van der Waals surface area contributed by atoms with Crippen LogP contribution in [0.3, 0.4) is 0 Å². The average molecular weight is 414 g/mol. The summed E-state index contributed by atoms with van der Waals surface area (Å²) >= 11 is 0. The number of rotatable bonds is 7. The van der Waals surface area contributed by atoms with Crippen LogP contribution in [0.25, 0.3) is 5.69 Å². The van der Waals surface area contributed by atoms with Crippen molar-refractivity contribution in [3.05, 3.63) is 84.2 Å². The van der Waals surface area contributed by atoms with Gasteiger partial charge in [0.2, 0.25) is 5.91 Å². The molecule has 3 aromatic carbocycles. The number of carbonyl (C=O) groups excluding carboxylic acids is 1. The van der Waals surface area contributed by atoms with Crippen molar-refractivity contribution in [2.24, 2.45) is 0 Å². The van der Waals surface area contributed by atoms with E-state index in [4.69, 9.17) is 4.74 Å². The van der Waals surface area contributed by atoms with Gasteiger partial charge in [-0.1, -0.05) is 24.3 Å². The molecule has 156 valence electrons. The second-order valence-electron chi connectivity index (χ2n) is 6.98. The Morgan fingerprint density at radius 1 is 0.935 bits per heavy atom. The number of anilines is 2. The SMILES string of the molecule is Cc1ccc(NCC(=O)Nc2ccc(Oc3ccccc3)cc2)cc1-n1nnnc1C. The molecular formula is C23H22N6O2. The van der Waals surface area contributed by atoms with Crippen LogP contribution in [0.4, 0.5) is 11.4 Å². The Morgan fingerprint density at radius 3 is 2.35 bits per heavy atom. The summed E-state index contributed by atoms with van der Waals surface area (Å²) in [6.07, 6.45) is 0. The van der Waals surface area contributed by atoms with Gasteiger partial charge in [0.1, 0.15) is 11.5 Å². The summed E-state index contributed by atoms with van der Waals surface area (Å²) < 4.78 is 7.43. The standard InChI is InChI=1S/C23H22N6O2/c1-16-8-9-19(14-22(16)29-17(2)26-27-28-29)24-15-23(30)25-18-10-12-21(13-11-18)31-20-6-4-3-5-7-20/h3-14,24H,15H2,1-2H3,(H,25,30). The molecule has 0 fully saturated rings. The predicted molar refractivity (Wildman–Crippen MR) is 119 cm³/mol. The van der Waals surface area contributed by atoms with Crippen LogP contribution in [-0.2, 0) is 4.79 Å². The molecule has 1 amide bonds. The Kier molecular flexibility index (Phi) is 5.89. The number of nitrogens with one attached hydrogen (secondary N) is 2. The third-order valence-corrected chi connectivity index (χ3v) is 4.63. The lowest BCUT2D eigenvalue weighted by Crippen LogP contribution is -2.21. The van der Waals surface area contributed by atoms with Gasteiger partial charge in [-0.05, 0) is 78.4 Å². The Morgan fingerprint density at radius 2 is 1.65 bits per heavy atom. The highest BCUT2D eigenvalue weighted by Gasteiger charge is 2.09. The number of hydrogen-bond acceptors (Lipinski definition) is 6. The van der Waals surface area contributed by atoms with Gasteiger partial charge in [0.25, 0.3) is 0 Å². The van der Waals surface area contributed by atoms with Crippen LogP contribution < -0.4 is 15.4 Å². The van der Waals surface area contributed by atoms with Crippen LogP contribution in [0, 0.1) is 13.8 Å². The van der Waals surface area contributed by atoms with Gasteiger partial charge in [-0.3, -0.25) is 4.79 Å². The van der Waals surface area contributed by atoms with Gasteiger partial charge in [-0.25, -0.2) is 0 Å². The Hall–Kier alpha value is -4.20. The van der Waals surface area contributed by atoms with Crippen molar-refractivity contribution < 1.29 is 9.53 Å². The van der Waals surface area contributed by atoms with Gasteiger partial charge < -0.3 is 15.4 Å². The minimum atomic E-state index is -0.155. The molecule has 0 atom stereocenters. The first kappa shape index (κ1) is 20.1. The molecule has 8 nitrogen and oxygen atoms in total. The highest BCUT2D eigenvalue weighted by molar-refractivity contribution is 5.93. The molecule has 0 aliphatic heterocycles. The summed E-state index contributed by atoms with van der Waals surface area (Å²) in [5, 5.41) is 17.6. The normalized spacial score (nSPS) is 10.5. The van der Waals surface area contributed by atoms with Crippen molar-refractivity contribution in [3.8, 4) is 17.2 Å². The number of hydrogen-bond donors (Lipinski definition) is 2. The number of tetrazole rings is 1. The van der Waals surface area contributed by atoms with Gasteiger partial charge >= 0.3 is 0 Å². The van der Waals surface area contributed by atoms with Crippen LogP contribution in [0.1, 0.15) is 11.4 Å². The number of benzene rings is 3. The second kappa shape index (κ2) is 9.08. The molecule has 1 heterocycles. The van der Waals surface area contributed by atoms with E-state index in [1.54, 1.807) is 16.8 Å². The monoisotopic (exact) mass is 414 g/mol. The highest BCUT2D eigenvalue weighted by Crippen LogP contribution is 2.23. The zero-order valence-electron chi connectivity index (χ0n) is 17.2. The fraction of sp³-hybridized carbons (Fsp3) is 0.130. The Bertz CT molecular complexity index is 1170. The zero-order chi connectivity index (χ0) is 21.6. The predicted octanol–water partition coefficient (Wildman–Crippen LogP) is 4.12. The van der Waals surface area contributed by atoms with E-state index in [-0.39, 0.29) is 12.5 Å². The van der Waals surface area contributed by atoms with Crippen molar-refractivity contribution in [2.45, 2.75) is 13.8 Å². The van der Waals surface area contributed by atoms with E-state index in [1.165, 1.54) is 0 Å². The molecule has 0 radical (unpaired) electrons. The molecule has 4 aromatic rings. The molecule has 0 aliphatic rings. The quantitative estimate of drug-likeness (QED) is 0.472. The fourth-order valence-corrected chi connectivity index (χ4v) is 3.02. The van der Waals surface area contributed by atoms with Crippen LogP contribution in [0.5, 0.6) is 11.5 Å². The maximum Gasteiger partial charge on any atom is 0.243 e. The van der Waals surface area contributed by atoms with Gasteiger partial charge in [0, 0.05) is 11.4 Å². The number of carbonyl (C=O) groups is 1. The molecule has 8 heteroatoms. The summed E-state index contributed by atoms with van der Waals surface area (Å²) in [5.41, 5.74) is 3.39. The number of nitrogens with zero attached hydrogens (tertiary/aromatic N) is 4. The van der Waals surface area contributed by atoms with Crippen molar-refractivity contribution in [1.82, 2.24) is 20.2 Å². The summed E-state index contributed by atoms with van der Waals surface area (Å²) in [4.78, 5) is 12.4. The van der Waals surface area contributed by atoms with E-state index < -0.39 is 0 Å². The highest BCUT2D eigenvalue weighted by atomic mass is 16.5. The molecule has 0 saturated carbocycles. The maximum atomic E-state index is 12.4. The zero-order valence-corrected chi connectivity index (χ0v) is 17.2. The molecule has 1 aromatic heterocycles. The van der Waals surface area contributed by atoms with Crippen LogP contribution in [-0.4, -0.2) is 32.7 Å². The van der Waals surface area contributed by atoms with Gasteiger partial charge in [-0.2, -0.15) is 4.68 Å². The second-order valence-corrected chi connectivity index (χ2v) is 6.98. The molecule has 0 saturated heterocycles. The lowest BCUT2D eigenvalue weighted by atomic mass is 10.2. The smallest absolute Gasteiger partial charge is 0.243 e. The largest absolute Gasteiger partial charge is 0.457 e. The summed E-state index contributed by atoms with van der Waals surface area (Å²) in [6.45, 7) is 3.95. The lowest BCUT2D eigenvalue weighted by Gasteiger charge is -2.12. The number of ether oxygens (including phenoxy) is 1. The first-order valence-electron chi connectivity index (χ1n) is 9.81. The number of amides is 1.